The molecule has 35 heavy (non-hydrogen) atoms. The molecule has 0 aliphatic carbocycles. The molecule has 0 spiro atoms. The van der Waals surface area contributed by atoms with Crippen LogP contribution in [0.5, 0.6) is 0 Å². The third kappa shape index (κ3) is 4.00. The minimum Gasteiger partial charge on any atom is -0.268 e. The Morgan fingerprint density at radius 2 is 1.80 bits per heavy atom. The molecule has 5 rings (SSSR count). The Hall–Kier alpha value is -4.57. The maximum atomic E-state index is 15.4. The summed E-state index contributed by atoms with van der Waals surface area (Å²) in [7, 11) is 0. The summed E-state index contributed by atoms with van der Waals surface area (Å²) in [5.74, 6) is -0.000583. The van der Waals surface area contributed by atoms with Gasteiger partial charge in [0.2, 0.25) is 5.78 Å². The summed E-state index contributed by atoms with van der Waals surface area (Å²) >= 11 is 0. The monoisotopic (exact) mass is 463 g/mol. The predicted molar refractivity (Wildman–Crippen MR) is 132 cm³/mol. The molecule has 3 aromatic carbocycles. The largest absolute Gasteiger partial charge is 0.268 e. The highest BCUT2D eigenvalue weighted by molar-refractivity contribution is 5.70. The van der Waals surface area contributed by atoms with E-state index in [1.807, 2.05) is 43.3 Å². The van der Waals surface area contributed by atoms with E-state index in [0.29, 0.717) is 45.7 Å². The van der Waals surface area contributed by atoms with Gasteiger partial charge in [0.05, 0.1) is 23.0 Å². The molecule has 7 heteroatoms. The summed E-state index contributed by atoms with van der Waals surface area (Å²) < 4.78 is 18.6. The molecular formula is C28H22FN5O. The van der Waals surface area contributed by atoms with Crippen LogP contribution in [0.4, 0.5) is 4.39 Å². The van der Waals surface area contributed by atoms with Crippen molar-refractivity contribution in [1.82, 2.24) is 19.2 Å². The number of hydrogen-bond acceptors (Lipinski definition) is 4. The number of hydrogen-bond donors (Lipinski definition) is 0. The molecular weight excluding hydrogens is 441 g/mol. The Kier molecular flexibility index (Phi) is 5.94. The van der Waals surface area contributed by atoms with Gasteiger partial charge >= 0.3 is 0 Å². The Balaban J connectivity index is 1.65. The molecule has 2 heterocycles. The van der Waals surface area contributed by atoms with Crippen molar-refractivity contribution in [2.45, 2.75) is 26.2 Å². The number of fused-ring (bicyclic) bond motifs is 1. The van der Waals surface area contributed by atoms with Crippen LogP contribution in [-0.4, -0.2) is 19.2 Å². The minimum absolute atomic E-state index is 0.114. The number of aryl methyl sites for hydroxylation is 1. The first kappa shape index (κ1) is 22.2. The fourth-order valence-electron chi connectivity index (χ4n) is 4.42. The molecule has 172 valence electrons. The maximum absolute atomic E-state index is 15.4. The second kappa shape index (κ2) is 9.35. The number of nitrogens with zero attached hydrogens (tertiary/aromatic N) is 5. The number of benzene rings is 3. The van der Waals surface area contributed by atoms with E-state index in [0.717, 1.165) is 12.1 Å². The van der Waals surface area contributed by atoms with Gasteiger partial charge in [0, 0.05) is 12.0 Å². The fraction of sp³-hybridized carbons (Fsp3) is 0.143. The minimum atomic E-state index is -0.429. The molecule has 0 atom stereocenters. The van der Waals surface area contributed by atoms with Crippen molar-refractivity contribution in [3.05, 3.63) is 118 Å². The van der Waals surface area contributed by atoms with Crippen molar-refractivity contribution in [1.29, 1.82) is 5.26 Å². The molecule has 0 bridgehead atoms. The summed E-state index contributed by atoms with van der Waals surface area (Å²) in [6.45, 7) is 2.03. The fourth-order valence-corrected chi connectivity index (χ4v) is 4.42. The third-order valence-electron chi connectivity index (χ3n) is 6.08. The van der Waals surface area contributed by atoms with Crippen LogP contribution in [0.3, 0.4) is 0 Å². The highest BCUT2D eigenvalue weighted by Gasteiger charge is 2.21. The molecule has 6 nitrogen and oxygen atoms in total. The lowest BCUT2D eigenvalue weighted by molar-refractivity contribution is 0.612. The van der Waals surface area contributed by atoms with Crippen molar-refractivity contribution in [3.8, 4) is 22.9 Å². The second-order valence-electron chi connectivity index (χ2n) is 8.26. The SMILES string of the molecule is CCCc1c(Cc2ccc(-c3ccccc3C#N)cc2F)c(=O)n(-c2ccccc2)c2ncnn12. The Labute approximate surface area is 201 Å². The number of nitriles is 1. The Bertz CT molecular complexity index is 1630. The molecule has 0 amide bonds. The van der Waals surface area contributed by atoms with Gasteiger partial charge in [0.25, 0.3) is 5.56 Å². The Morgan fingerprint density at radius 3 is 2.54 bits per heavy atom. The van der Waals surface area contributed by atoms with E-state index in [1.54, 1.807) is 34.8 Å². The van der Waals surface area contributed by atoms with Crippen LogP contribution in [-0.2, 0) is 12.8 Å². The van der Waals surface area contributed by atoms with Crippen LogP contribution in [0.2, 0.25) is 0 Å². The summed E-state index contributed by atoms with van der Waals surface area (Å²) in [6, 6.07) is 23.4. The van der Waals surface area contributed by atoms with Gasteiger partial charge < -0.3 is 0 Å². The average Bonchev–Trinajstić information content (AvgIpc) is 3.37. The lowest BCUT2D eigenvalue weighted by Crippen LogP contribution is -2.28. The lowest BCUT2D eigenvalue weighted by Gasteiger charge is -2.16. The predicted octanol–water partition coefficient (Wildman–Crippen LogP) is 5.10. The summed E-state index contributed by atoms with van der Waals surface area (Å²) in [6.07, 6.45) is 2.94. The molecule has 0 radical (unpaired) electrons. The highest BCUT2D eigenvalue weighted by atomic mass is 19.1. The average molecular weight is 464 g/mol. The van der Waals surface area contributed by atoms with Crippen LogP contribution < -0.4 is 5.56 Å². The standard InChI is InChI=1S/C28H22FN5O/c1-2-8-26-24(27(35)33(22-10-4-3-5-11-22)28-31-18-32-34(26)28)15-20-14-13-19(16-25(20)29)23-12-7-6-9-21(23)17-30/h3-7,9-14,16,18H,2,8,15H2,1H3. The van der Waals surface area contributed by atoms with Crippen molar-refractivity contribution >= 4 is 5.78 Å². The normalized spacial score (nSPS) is 11.0. The van der Waals surface area contributed by atoms with Gasteiger partial charge in [-0.05, 0) is 47.4 Å². The van der Waals surface area contributed by atoms with E-state index >= 15 is 4.39 Å². The highest BCUT2D eigenvalue weighted by Crippen LogP contribution is 2.26. The molecule has 5 aromatic rings. The first-order valence-electron chi connectivity index (χ1n) is 11.4. The zero-order valence-electron chi connectivity index (χ0n) is 19.1. The molecule has 0 aliphatic rings. The first-order chi connectivity index (χ1) is 17.1. The summed E-state index contributed by atoms with van der Waals surface area (Å²) in [5.41, 5.74) is 3.81. The molecule has 0 aliphatic heterocycles. The number of para-hydroxylation sites is 1. The molecule has 0 fully saturated rings. The van der Waals surface area contributed by atoms with E-state index in [1.165, 1.54) is 17.0 Å². The molecule has 0 N–H and O–H groups in total. The van der Waals surface area contributed by atoms with Crippen molar-refractivity contribution < 1.29 is 4.39 Å². The number of aromatic nitrogens is 4. The van der Waals surface area contributed by atoms with Crippen molar-refractivity contribution in [2.75, 3.05) is 0 Å². The van der Waals surface area contributed by atoms with Gasteiger partial charge in [-0.1, -0.05) is 61.9 Å². The van der Waals surface area contributed by atoms with Crippen molar-refractivity contribution in [3.63, 3.8) is 0 Å². The van der Waals surface area contributed by atoms with Crippen LogP contribution in [0, 0.1) is 17.1 Å². The zero-order valence-corrected chi connectivity index (χ0v) is 19.1. The van der Waals surface area contributed by atoms with Crippen LogP contribution >= 0.6 is 0 Å². The van der Waals surface area contributed by atoms with Gasteiger partial charge in [-0.2, -0.15) is 15.3 Å². The van der Waals surface area contributed by atoms with Gasteiger partial charge in [-0.25, -0.2) is 13.5 Å². The first-order valence-corrected chi connectivity index (χ1v) is 11.4. The molecule has 0 saturated heterocycles. The van der Waals surface area contributed by atoms with Crippen molar-refractivity contribution in [2.24, 2.45) is 0 Å². The van der Waals surface area contributed by atoms with E-state index in [2.05, 4.69) is 16.2 Å². The molecule has 0 unspecified atom stereocenters. The summed E-state index contributed by atoms with van der Waals surface area (Å²) in [5, 5.41) is 13.8. The number of rotatable bonds is 6. The van der Waals surface area contributed by atoms with E-state index in [9.17, 15) is 10.1 Å². The van der Waals surface area contributed by atoms with E-state index in [-0.39, 0.29) is 12.0 Å². The van der Waals surface area contributed by atoms with E-state index < -0.39 is 5.82 Å². The maximum Gasteiger partial charge on any atom is 0.263 e. The van der Waals surface area contributed by atoms with Crippen LogP contribution in [0.25, 0.3) is 22.6 Å². The van der Waals surface area contributed by atoms with Gasteiger partial charge in [-0.15, -0.1) is 0 Å². The number of halogens is 1. The molecule has 0 saturated carbocycles. The topological polar surface area (TPSA) is 76.0 Å². The van der Waals surface area contributed by atoms with Gasteiger partial charge in [0.15, 0.2) is 0 Å². The molecule has 2 aromatic heterocycles. The van der Waals surface area contributed by atoms with Gasteiger partial charge in [0.1, 0.15) is 12.1 Å². The lowest BCUT2D eigenvalue weighted by atomic mass is 9.96. The van der Waals surface area contributed by atoms with Gasteiger partial charge in [-0.3, -0.25) is 4.79 Å². The second-order valence-corrected chi connectivity index (χ2v) is 8.26. The smallest absolute Gasteiger partial charge is 0.263 e. The Morgan fingerprint density at radius 1 is 1.03 bits per heavy atom. The zero-order chi connectivity index (χ0) is 24.4. The van der Waals surface area contributed by atoms with Crippen LogP contribution in [0.15, 0.2) is 83.9 Å². The van der Waals surface area contributed by atoms with Crippen LogP contribution in [0.1, 0.15) is 35.7 Å². The quantitative estimate of drug-likeness (QED) is 0.351. The third-order valence-corrected chi connectivity index (χ3v) is 6.08. The van der Waals surface area contributed by atoms with E-state index in [4.69, 9.17) is 0 Å². The summed E-state index contributed by atoms with van der Waals surface area (Å²) in [4.78, 5) is 18.1.